The molecule has 8 heteroatoms. The second-order valence-corrected chi connectivity index (χ2v) is 7.27. The second kappa shape index (κ2) is 7.36. The van der Waals surface area contributed by atoms with Gasteiger partial charge in [0.2, 0.25) is 5.78 Å². The Kier molecular flexibility index (Phi) is 4.87. The lowest BCUT2D eigenvalue weighted by Gasteiger charge is -2.08. The highest BCUT2D eigenvalue weighted by Crippen LogP contribution is 2.21. The number of aryl methyl sites for hydroxylation is 4. The smallest absolute Gasteiger partial charge is 0.332 e. The molecule has 0 aliphatic carbocycles. The molecule has 0 bridgehead atoms. The number of benzene rings is 1. The molecular formula is C21H25N5O3. The summed E-state index contributed by atoms with van der Waals surface area (Å²) in [4.78, 5) is 30.5. The van der Waals surface area contributed by atoms with Gasteiger partial charge >= 0.3 is 5.69 Å². The number of imidazole rings is 2. The molecule has 0 atom stereocenters. The molecule has 4 rings (SSSR count). The minimum absolute atomic E-state index is 0.206. The molecule has 0 radical (unpaired) electrons. The fraction of sp³-hybridized carbons (Fsp3) is 0.381. The standard InChI is InChI=1S/C21H25N5O3/c1-14-15(2)26-17-18(23(3)21(28)25(19(17)27)12-13-29-4)22-20(26)24(14)11-10-16-8-6-5-7-9-16/h5-9H,10-13H2,1-4H3. The minimum Gasteiger partial charge on any atom is -0.383 e. The molecule has 0 saturated heterocycles. The third-order valence-electron chi connectivity index (χ3n) is 5.62. The van der Waals surface area contributed by atoms with E-state index in [9.17, 15) is 9.59 Å². The summed E-state index contributed by atoms with van der Waals surface area (Å²) in [7, 11) is 3.20. The van der Waals surface area contributed by atoms with Crippen LogP contribution in [0.2, 0.25) is 0 Å². The summed E-state index contributed by atoms with van der Waals surface area (Å²) in [5.41, 5.74) is 3.35. The van der Waals surface area contributed by atoms with Gasteiger partial charge in [-0.3, -0.25) is 18.3 Å². The van der Waals surface area contributed by atoms with E-state index in [0.29, 0.717) is 23.5 Å². The largest absolute Gasteiger partial charge is 0.383 e. The van der Waals surface area contributed by atoms with Gasteiger partial charge in [0, 0.05) is 32.1 Å². The Labute approximate surface area is 167 Å². The zero-order valence-corrected chi connectivity index (χ0v) is 17.2. The molecule has 0 aliphatic rings. The van der Waals surface area contributed by atoms with Crippen LogP contribution < -0.4 is 11.2 Å². The summed E-state index contributed by atoms with van der Waals surface area (Å²) in [5.74, 6) is 0.683. The zero-order valence-electron chi connectivity index (χ0n) is 17.2. The summed E-state index contributed by atoms with van der Waals surface area (Å²) < 4.78 is 11.7. The first-order chi connectivity index (χ1) is 14.0. The fourth-order valence-corrected chi connectivity index (χ4v) is 3.85. The maximum atomic E-state index is 13.2. The summed E-state index contributed by atoms with van der Waals surface area (Å²) in [6.45, 7) is 5.25. The first-order valence-electron chi connectivity index (χ1n) is 9.66. The number of nitrogens with zero attached hydrogens (tertiary/aromatic N) is 5. The first-order valence-corrected chi connectivity index (χ1v) is 9.66. The molecule has 4 aromatic rings. The average molecular weight is 395 g/mol. The second-order valence-electron chi connectivity index (χ2n) is 7.27. The van der Waals surface area contributed by atoms with Gasteiger partial charge in [0.15, 0.2) is 11.2 Å². The Balaban J connectivity index is 1.92. The van der Waals surface area contributed by atoms with Crippen LogP contribution in [0.3, 0.4) is 0 Å². The number of ether oxygens (including phenoxy) is 1. The normalized spacial score (nSPS) is 11.7. The van der Waals surface area contributed by atoms with E-state index in [1.807, 2.05) is 36.4 Å². The van der Waals surface area contributed by atoms with Gasteiger partial charge in [0.1, 0.15) is 0 Å². The van der Waals surface area contributed by atoms with Gasteiger partial charge in [-0.15, -0.1) is 0 Å². The predicted octanol–water partition coefficient (Wildman–Crippen LogP) is 1.66. The maximum absolute atomic E-state index is 13.2. The number of hydrogen-bond donors (Lipinski definition) is 0. The van der Waals surface area contributed by atoms with E-state index < -0.39 is 0 Å². The van der Waals surface area contributed by atoms with Crippen molar-refractivity contribution in [1.82, 2.24) is 23.1 Å². The molecule has 0 unspecified atom stereocenters. The third kappa shape index (κ3) is 3.00. The Bertz CT molecular complexity index is 1310. The summed E-state index contributed by atoms with van der Waals surface area (Å²) in [6.07, 6.45) is 0.853. The summed E-state index contributed by atoms with van der Waals surface area (Å²) in [5, 5.41) is 0. The molecule has 0 saturated carbocycles. The Morgan fingerprint density at radius 1 is 1.00 bits per heavy atom. The number of aromatic nitrogens is 5. The Morgan fingerprint density at radius 3 is 2.41 bits per heavy atom. The van der Waals surface area contributed by atoms with Crippen LogP contribution in [0.5, 0.6) is 0 Å². The molecule has 0 aliphatic heterocycles. The highest BCUT2D eigenvalue weighted by Gasteiger charge is 2.22. The van der Waals surface area contributed by atoms with Crippen LogP contribution in [0, 0.1) is 13.8 Å². The lowest BCUT2D eigenvalue weighted by molar-refractivity contribution is 0.184. The van der Waals surface area contributed by atoms with E-state index in [-0.39, 0.29) is 17.8 Å². The van der Waals surface area contributed by atoms with Gasteiger partial charge in [-0.2, -0.15) is 4.98 Å². The molecule has 152 valence electrons. The van der Waals surface area contributed by atoms with Gasteiger partial charge in [0.05, 0.1) is 13.2 Å². The number of rotatable bonds is 6. The van der Waals surface area contributed by atoms with Crippen LogP contribution in [0.1, 0.15) is 17.0 Å². The number of methoxy groups -OCH3 is 1. The van der Waals surface area contributed by atoms with Crippen LogP contribution in [0.25, 0.3) is 16.9 Å². The topological polar surface area (TPSA) is 75.5 Å². The van der Waals surface area contributed by atoms with Crippen LogP contribution in [0.4, 0.5) is 0 Å². The van der Waals surface area contributed by atoms with E-state index >= 15 is 0 Å². The predicted molar refractivity (Wildman–Crippen MR) is 112 cm³/mol. The molecule has 0 fully saturated rings. The highest BCUT2D eigenvalue weighted by atomic mass is 16.5. The molecule has 0 amide bonds. The van der Waals surface area contributed by atoms with Crippen molar-refractivity contribution in [2.45, 2.75) is 33.4 Å². The summed E-state index contributed by atoms with van der Waals surface area (Å²) in [6, 6.07) is 10.3. The van der Waals surface area contributed by atoms with E-state index in [1.165, 1.54) is 14.7 Å². The molecule has 3 heterocycles. The van der Waals surface area contributed by atoms with Crippen LogP contribution in [0.15, 0.2) is 39.9 Å². The van der Waals surface area contributed by atoms with Crippen LogP contribution in [-0.2, 0) is 31.3 Å². The van der Waals surface area contributed by atoms with E-state index in [0.717, 1.165) is 24.4 Å². The van der Waals surface area contributed by atoms with Crippen LogP contribution in [-0.4, -0.2) is 36.8 Å². The van der Waals surface area contributed by atoms with E-state index in [2.05, 4.69) is 16.7 Å². The fourth-order valence-electron chi connectivity index (χ4n) is 3.85. The lowest BCUT2D eigenvalue weighted by Crippen LogP contribution is -2.40. The molecular weight excluding hydrogens is 370 g/mol. The van der Waals surface area contributed by atoms with Crippen molar-refractivity contribution >= 4 is 16.9 Å². The van der Waals surface area contributed by atoms with Gasteiger partial charge in [0.25, 0.3) is 5.56 Å². The monoisotopic (exact) mass is 395 g/mol. The molecule has 3 aromatic heterocycles. The van der Waals surface area contributed by atoms with Crippen molar-refractivity contribution in [3.63, 3.8) is 0 Å². The SMILES string of the molecule is COCCn1c(=O)c2c(nc3n(CCc4ccccc4)c(C)c(C)n23)n(C)c1=O. The summed E-state index contributed by atoms with van der Waals surface area (Å²) >= 11 is 0. The third-order valence-corrected chi connectivity index (χ3v) is 5.62. The number of hydrogen-bond acceptors (Lipinski definition) is 4. The van der Waals surface area contributed by atoms with Gasteiger partial charge in [-0.05, 0) is 25.8 Å². The van der Waals surface area contributed by atoms with Crippen LogP contribution >= 0.6 is 0 Å². The van der Waals surface area contributed by atoms with Gasteiger partial charge in [-0.1, -0.05) is 30.3 Å². The minimum atomic E-state index is -0.384. The van der Waals surface area contributed by atoms with Crippen molar-refractivity contribution in [2.24, 2.45) is 7.05 Å². The zero-order chi connectivity index (χ0) is 20.7. The van der Waals surface area contributed by atoms with E-state index in [1.54, 1.807) is 14.2 Å². The first kappa shape index (κ1) is 19.2. The number of fused-ring (bicyclic) bond motifs is 3. The van der Waals surface area contributed by atoms with Crippen molar-refractivity contribution < 1.29 is 4.74 Å². The van der Waals surface area contributed by atoms with Crippen molar-refractivity contribution in [3.8, 4) is 0 Å². The van der Waals surface area contributed by atoms with Crippen molar-refractivity contribution in [2.75, 3.05) is 13.7 Å². The lowest BCUT2D eigenvalue weighted by atomic mass is 10.1. The van der Waals surface area contributed by atoms with Crippen molar-refractivity contribution in [3.05, 3.63) is 68.1 Å². The van der Waals surface area contributed by atoms with Gasteiger partial charge < -0.3 is 9.30 Å². The molecule has 1 aromatic carbocycles. The Morgan fingerprint density at radius 2 is 1.72 bits per heavy atom. The highest BCUT2D eigenvalue weighted by molar-refractivity contribution is 5.76. The quantitative estimate of drug-likeness (QED) is 0.498. The Hall–Kier alpha value is -3.13. The molecule has 0 spiro atoms. The van der Waals surface area contributed by atoms with Gasteiger partial charge in [-0.25, -0.2) is 4.79 Å². The molecule has 8 nitrogen and oxygen atoms in total. The molecule has 29 heavy (non-hydrogen) atoms. The molecule has 0 N–H and O–H groups in total. The maximum Gasteiger partial charge on any atom is 0.332 e. The van der Waals surface area contributed by atoms with Crippen molar-refractivity contribution in [1.29, 1.82) is 0 Å². The van der Waals surface area contributed by atoms with E-state index in [4.69, 9.17) is 9.72 Å². The average Bonchev–Trinajstić information content (AvgIpc) is 3.22.